The van der Waals surface area contributed by atoms with Crippen LogP contribution in [0.1, 0.15) is 24.0 Å². The van der Waals surface area contributed by atoms with Crippen molar-refractivity contribution in [2.75, 3.05) is 20.8 Å². The fraction of sp³-hybridized carbons (Fsp3) is 0.304. The van der Waals surface area contributed by atoms with Crippen LogP contribution >= 0.6 is 11.3 Å². The Morgan fingerprint density at radius 3 is 2.82 bits per heavy atom. The summed E-state index contributed by atoms with van der Waals surface area (Å²) in [5, 5.41) is 3.34. The van der Waals surface area contributed by atoms with Crippen LogP contribution in [0.15, 0.2) is 24.4 Å². The lowest BCUT2D eigenvalue weighted by atomic mass is 9.97. The molecule has 2 atom stereocenters. The van der Waals surface area contributed by atoms with Crippen LogP contribution in [-0.4, -0.2) is 47.9 Å². The molecule has 0 aliphatic carbocycles. The van der Waals surface area contributed by atoms with E-state index in [1.54, 1.807) is 13.3 Å². The van der Waals surface area contributed by atoms with Crippen LogP contribution in [0.5, 0.6) is 11.6 Å². The van der Waals surface area contributed by atoms with Crippen molar-refractivity contribution in [3.8, 4) is 22.2 Å². The number of halogens is 1. The van der Waals surface area contributed by atoms with E-state index in [4.69, 9.17) is 14.5 Å². The Kier molecular flexibility index (Phi) is 5.24. The SMILES string of the molecule is COC(=O)NC[C@H]1Oc2c(F)cc3nc(-c4cc(C)cc5nc(OC)cnc45)sc3c2[C@@H]1C. The number of hydrogen-bond acceptors (Lipinski definition) is 8. The Labute approximate surface area is 192 Å². The highest BCUT2D eigenvalue weighted by Gasteiger charge is 2.36. The van der Waals surface area contributed by atoms with Gasteiger partial charge in [0.15, 0.2) is 11.6 Å². The Bertz CT molecular complexity index is 1410. The van der Waals surface area contributed by atoms with Gasteiger partial charge in [-0.25, -0.2) is 24.1 Å². The Hall–Kier alpha value is -3.53. The highest BCUT2D eigenvalue weighted by molar-refractivity contribution is 7.22. The van der Waals surface area contributed by atoms with E-state index in [9.17, 15) is 9.18 Å². The molecule has 33 heavy (non-hydrogen) atoms. The summed E-state index contributed by atoms with van der Waals surface area (Å²) in [6, 6.07) is 5.33. The summed E-state index contributed by atoms with van der Waals surface area (Å²) in [4.78, 5) is 25.2. The van der Waals surface area contributed by atoms with Crippen molar-refractivity contribution in [1.82, 2.24) is 20.3 Å². The molecule has 1 aliphatic heterocycles. The first-order chi connectivity index (χ1) is 15.9. The topological polar surface area (TPSA) is 95.5 Å². The normalized spacial score (nSPS) is 17.1. The van der Waals surface area contributed by atoms with Gasteiger partial charge in [0, 0.05) is 23.1 Å². The Morgan fingerprint density at radius 2 is 2.06 bits per heavy atom. The van der Waals surface area contributed by atoms with Gasteiger partial charge in [-0.15, -0.1) is 11.3 Å². The molecule has 0 spiro atoms. The number of thiazole rings is 1. The summed E-state index contributed by atoms with van der Waals surface area (Å²) < 4.78 is 31.5. The number of carbonyl (C=O) groups is 1. The first kappa shape index (κ1) is 21.3. The number of benzene rings is 2. The molecule has 0 radical (unpaired) electrons. The summed E-state index contributed by atoms with van der Waals surface area (Å²) in [5.74, 6) is 0.0173. The zero-order chi connectivity index (χ0) is 23.3. The second-order valence-electron chi connectivity index (χ2n) is 7.88. The standard InChI is InChI=1S/C23H21FN4O4S/c1-10-5-12(19-14(6-10)27-17(30-3)9-25-19)22-28-15-7-13(24)20-18(21(15)33-22)11(2)16(32-20)8-26-23(29)31-4/h5-7,9,11,16H,8H2,1-4H3,(H,26,29)/t11-,16-/m1/s1. The highest BCUT2D eigenvalue weighted by atomic mass is 32.1. The van der Waals surface area contributed by atoms with Crippen LogP contribution in [0.25, 0.3) is 31.8 Å². The number of nitrogens with zero attached hydrogens (tertiary/aromatic N) is 3. The first-order valence-corrected chi connectivity index (χ1v) is 11.1. The number of hydrogen-bond donors (Lipinski definition) is 1. The molecule has 0 fully saturated rings. The second-order valence-corrected chi connectivity index (χ2v) is 8.88. The number of methoxy groups -OCH3 is 2. The molecule has 4 aromatic rings. The van der Waals surface area contributed by atoms with Gasteiger partial charge >= 0.3 is 6.09 Å². The van der Waals surface area contributed by atoms with E-state index in [1.807, 2.05) is 26.0 Å². The number of amides is 1. The van der Waals surface area contributed by atoms with Crippen molar-refractivity contribution < 1.29 is 23.4 Å². The van der Waals surface area contributed by atoms with Gasteiger partial charge in [0.2, 0.25) is 5.88 Å². The molecule has 2 aromatic carbocycles. The number of aromatic nitrogens is 3. The molecule has 0 saturated carbocycles. The number of ether oxygens (including phenoxy) is 3. The highest BCUT2D eigenvalue weighted by Crippen LogP contribution is 2.47. The van der Waals surface area contributed by atoms with E-state index in [0.717, 1.165) is 21.4 Å². The van der Waals surface area contributed by atoms with Gasteiger partial charge in [0.05, 0.1) is 48.2 Å². The van der Waals surface area contributed by atoms with Gasteiger partial charge in [0.1, 0.15) is 11.1 Å². The zero-order valence-corrected chi connectivity index (χ0v) is 19.2. The second kappa shape index (κ2) is 8.11. The van der Waals surface area contributed by atoms with Crippen LogP contribution in [0.2, 0.25) is 0 Å². The summed E-state index contributed by atoms with van der Waals surface area (Å²) in [6.07, 6.45) is 0.597. The molecule has 0 unspecified atom stereocenters. The van der Waals surface area contributed by atoms with E-state index >= 15 is 0 Å². The molecule has 5 rings (SSSR count). The molecule has 1 N–H and O–H groups in total. The largest absolute Gasteiger partial charge is 0.485 e. The third-order valence-electron chi connectivity index (χ3n) is 5.75. The average Bonchev–Trinajstić information content (AvgIpc) is 3.37. The van der Waals surface area contributed by atoms with Crippen LogP contribution in [0.4, 0.5) is 9.18 Å². The lowest BCUT2D eigenvalue weighted by Crippen LogP contribution is -2.35. The molecule has 8 nitrogen and oxygen atoms in total. The van der Waals surface area contributed by atoms with E-state index in [-0.39, 0.29) is 18.2 Å². The fourth-order valence-electron chi connectivity index (χ4n) is 4.11. The van der Waals surface area contributed by atoms with E-state index in [2.05, 4.69) is 20.0 Å². The molecular formula is C23H21FN4O4S. The quantitative estimate of drug-likeness (QED) is 0.468. The summed E-state index contributed by atoms with van der Waals surface area (Å²) in [6.45, 7) is 4.13. The minimum absolute atomic E-state index is 0.151. The number of alkyl carbamates (subject to hydrolysis) is 1. The van der Waals surface area contributed by atoms with Gasteiger partial charge in [-0.2, -0.15) is 0 Å². The molecular weight excluding hydrogens is 447 g/mol. The lowest BCUT2D eigenvalue weighted by molar-refractivity contribution is 0.156. The third kappa shape index (κ3) is 3.60. The maximum absolute atomic E-state index is 14.9. The van der Waals surface area contributed by atoms with Crippen molar-refractivity contribution in [1.29, 1.82) is 0 Å². The van der Waals surface area contributed by atoms with Gasteiger partial charge in [-0.05, 0) is 24.6 Å². The maximum atomic E-state index is 14.9. The van der Waals surface area contributed by atoms with Crippen molar-refractivity contribution >= 4 is 38.7 Å². The van der Waals surface area contributed by atoms with Crippen LogP contribution in [0.3, 0.4) is 0 Å². The third-order valence-corrected chi connectivity index (χ3v) is 6.88. The van der Waals surface area contributed by atoms with Gasteiger partial charge in [-0.3, -0.25) is 0 Å². The monoisotopic (exact) mass is 468 g/mol. The summed E-state index contributed by atoms with van der Waals surface area (Å²) in [5.41, 5.74) is 4.54. The average molecular weight is 469 g/mol. The number of carbonyl (C=O) groups excluding carboxylic acids is 1. The van der Waals surface area contributed by atoms with Crippen LogP contribution in [0, 0.1) is 12.7 Å². The Morgan fingerprint density at radius 1 is 1.24 bits per heavy atom. The first-order valence-electron chi connectivity index (χ1n) is 10.3. The predicted molar refractivity (Wildman–Crippen MR) is 123 cm³/mol. The number of aryl methyl sites for hydroxylation is 1. The molecule has 0 bridgehead atoms. The van der Waals surface area contributed by atoms with Gasteiger partial charge < -0.3 is 19.5 Å². The predicted octanol–water partition coefficient (Wildman–Crippen LogP) is 4.58. The molecule has 0 saturated heterocycles. The van der Waals surface area contributed by atoms with Crippen molar-refractivity contribution in [3.63, 3.8) is 0 Å². The molecule has 1 aliphatic rings. The number of nitrogens with one attached hydrogen (secondary N) is 1. The van der Waals surface area contributed by atoms with Crippen LogP contribution in [-0.2, 0) is 4.74 Å². The van der Waals surface area contributed by atoms with Gasteiger partial charge in [0.25, 0.3) is 0 Å². The minimum atomic E-state index is -0.559. The molecule has 1 amide bonds. The van der Waals surface area contributed by atoms with Crippen molar-refractivity contribution in [3.05, 3.63) is 41.3 Å². The van der Waals surface area contributed by atoms with Crippen LogP contribution < -0.4 is 14.8 Å². The Balaban J connectivity index is 1.61. The molecule has 10 heteroatoms. The number of rotatable bonds is 4. The molecule has 3 heterocycles. The van der Waals surface area contributed by atoms with Crippen molar-refractivity contribution in [2.45, 2.75) is 25.9 Å². The summed E-state index contributed by atoms with van der Waals surface area (Å²) in [7, 11) is 2.84. The maximum Gasteiger partial charge on any atom is 0.406 e. The fourth-order valence-corrected chi connectivity index (χ4v) is 5.31. The van der Waals surface area contributed by atoms with E-state index in [1.165, 1.54) is 24.5 Å². The zero-order valence-electron chi connectivity index (χ0n) is 18.4. The lowest BCUT2D eigenvalue weighted by Gasteiger charge is -2.15. The van der Waals surface area contributed by atoms with E-state index in [0.29, 0.717) is 27.4 Å². The minimum Gasteiger partial charge on any atom is -0.485 e. The molecule has 170 valence electrons. The smallest absolute Gasteiger partial charge is 0.406 e. The number of fused-ring (bicyclic) bond motifs is 4. The summed E-state index contributed by atoms with van der Waals surface area (Å²) >= 11 is 1.46. The van der Waals surface area contributed by atoms with Crippen molar-refractivity contribution in [2.24, 2.45) is 0 Å². The van der Waals surface area contributed by atoms with E-state index < -0.39 is 18.0 Å². The van der Waals surface area contributed by atoms with Gasteiger partial charge in [-0.1, -0.05) is 6.92 Å². The molecule has 2 aromatic heterocycles.